The maximum absolute atomic E-state index is 4.08. The number of rotatable bonds is 5. The van der Waals surface area contributed by atoms with Crippen LogP contribution in [0.5, 0.6) is 0 Å². The zero-order valence-corrected chi connectivity index (χ0v) is 12.2. The highest BCUT2D eigenvalue weighted by molar-refractivity contribution is 5.28. The van der Waals surface area contributed by atoms with Gasteiger partial charge in [0.05, 0.1) is 0 Å². The van der Waals surface area contributed by atoms with Crippen LogP contribution in [0.25, 0.3) is 0 Å². The molecule has 1 N–H and O–H groups in total. The lowest BCUT2D eigenvalue weighted by Gasteiger charge is -2.23. The van der Waals surface area contributed by atoms with Crippen LogP contribution in [0.4, 0.5) is 0 Å². The molecule has 0 bridgehead atoms. The van der Waals surface area contributed by atoms with Crippen molar-refractivity contribution < 1.29 is 0 Å². The molecule has 0 saturated carbocycles. The second-order valence-corrected chi connectivity index (χ2v) is 5.29. The summed E-state index contributed by atoms with van der Waals surface area (Å²) in [5.41, 5.74) is 3.49. The molecule has 0 unspecified atom stereocenters. The maximum atomic E-state index is 4.08. The molecule has 0 spiro atoms. The Morgan fingerprint density at radius 3 is 2.24 bits per heavy atom. The van der Waals surface area contributed by atoms with Crippen molar-refractivity contribution in [2.45, 2.75) is 48.0 Å². The van der Waals surface area contributed by atoms with Crippen molar-refractivity contribution in [3.8, 4) is 0 Å². The summed E-state index contributed by atoms with van der Waals surface area (Å²) in [6, 6.07) is 0. The van der Waals surface area contributed by atoms with Gasteiger partial charge in [-0.3, -0.25) is 0 Å². The third-order valence-electron chi connectivity index (χ3n) is 2.56. The molecule has 0 rings (SSSR count). The van der Waals surface area contributed by atoms with Gasteiger partial charge in [-0.15, -0.1) is 0 Å². The van der Waals surface area contributed by atoms with Gasteiger partial charge in [0.2, 0.25) is 0 Å². The van der Waals surface area contributed by atoms with Gasteiger partial charge in [0.25, 0.3) is 0 Å². The molecule has 0 radical (unpaired) electrons. The summed E-state index contributed by atoms with van der Waals surface area (Å²) in [6.45, 7) is 16.8. The van der Waals surface area contributed by atoms with E-state index in [4.69, 9.17) is 0 Å². The van der Waals surface area contributed by atoms with Crippen LogP contribution in [0.2, 0.25) is 0 Å². The molecule has 0 aromatic carbocycles. The van der Waals surface area contributed by atoms with Crippen molar-refractivity contribution in [3.05, 3.63) is 47.9 Å². The largest absolute Gasteiger partial charge is 0.359 e. The molecule has 96 valence electrons. The Kier molecular flexibility index (Phi) is 6.64. The average Bonchev–Trinajstić information content (AvgIpc) is 2.22. The van der Waals surface area contributed by atoms with E-state index in [2.05, 4.69) is 70.8 Å². The Labute approximate surface area is 107 Å². The fourth-order valence-electron chi connectivity index (χ4n) is 1.18. The summed E-state index contributed by atoms with van der Waals surface area (Å²) in [7, 11) is 0. The van der Waals surface area contributed by atoms with Gasteiger partial charge in [0.15, 0.2) is 0 Å². The van der Waals surface area contributed by atoms with E-state index in [0.717, 1.165) is 17.8 Å². The van der Waals surface area contributed by atoms with Crippen molar-refractivity contribution in [1.82, 2.24) is 5.32 Å². The van der Waals surface area contributed by atoms with Crippen LogP contribution in [0, 0.1) is 5.41 Å². The summed E-state index contributed by atoms with van der Waals surface area (Å²) in [4.78, 5) is 0. The second-order valence-electron chi connectivity index (χ2n) is 5.29. The molecular formula is C16H27N. The van der Waals surface area contributed by atoms with Crippen molar-refractivity contribution in [2.75, 3.05) is 0 Å². The van der Waals surface area contributed by atoms with E-state index in [9.17, 15) is 0 Å². The minimum Gasteiger partial charge on any atom is -0.359 e. The molecule has 0 fully saturated rings. The van der Waals surface area contributed by atoms with Gasteiger partial charge in [-0.1, -0.05) is 58.1 Å². The highest BCUT2D eigenvalue weighted by atomic mass is 14.9. The zero-order valence-electron chi connectivity index (χ0n) is 12.2. The number of hydrogen-bond acceptors (Lipinski definition) is 1. The van der Waals surface area contributed by atoms with Gasteiger partial charge < -0.3 is 5.32 Å². The molecule has 0 atom stereocenters. The van der Waals surface area contributed by atoms with Gasteiger partial charge in [-0.05, 0) is 26.3 Å². The molecule has 1 nitrogen and oxygen atoms in total. The number of allylic oxidation sites excluding steroid dienone is 6. The number of hydrogen-bond donors (Lipinski definition) is 1. The van der Waals surface area contributed by atoms with Crippen LogP contribution in [0.15, 0.2) is 47.9 Å². The minimum absolute atomic E-state index is 0.0798. The molecule has 17 heavy (non-hydrogen) atoms. The Bertz CT molecular complexity index is 335. The maximum Gasteiger partial charge on any atom is 0.0338 e. The molecule has 0 aromatic rings. The highest BCUT2D eigenvalue weighted by Crippen LogP contribution is 2.22. The van der Waals surface area contributed by atoms with Gasteiger partial charge in [0, 0.05) is 16.8 Å². The van der Waals surface area contributed by atoms with Crippen LogP contribution in [0.1, 0.15) is 48.0 Å². The second kappa shape index (κ2) is 7.16. The molecule has 0 aliphatic rings. The monoisotopic (exact) mass is 233 g/mol. The zero-order chi connectivity index (χ0) is 13.5. The van der Waals surface area contributed by atoms with Crippen LogP contribution in [0.3, 0.4) is 0 Å². The molecule has 0 saturated heterocycles. The fourth-order valence-corrected chi connectivity index (χ4v) is 1.18. The Balaban J connectivity index is 4.59. The Morgan fingerprint density at radius 2 is 1.82 bits per heavy atom. The van der Waals surface area contributed by atoms with E-state index in [1.807, 2.05) is 6.92 Å². The third kappa shape index (κ3) is 6.83. The first-order valence-electron chi connectivity index (χ1n) is 6.28. The highest BCUT2D eigenvalue weighted by Gasteiger charge is 2.14. The van der Waals surface area contributed by atoms with E-state index >= 15 is 0 Å². The van der Waals surface area contributed by atoms with Crippen LogP contribution < -0.4 is 5.32 Å². The molecule has 0 aromatic heterocycles. The lowest BCUT2D eigenvalue weighted by Crippen LogP contribution is -2.22. The van der Waals surface area contributed by atoms with Crippen molar-refractivity contribution in [3.63, 3.8) is 0 Å². The summed E-state index contributed by atoms with van der Waals surface area (Å²) >= 11 is 0. The summed E-state index contributed by atoms with van der Waals surface area (Å²) in [5.74, 6) is 0. The van der Waals surface area contributed by atoms with Gasteiger partial charge in [-0.2, -0.15) is 0 Å². The van der Waals surface area contributed by atoms with E-state index in [0.29, 0.717) is 0 Å². The van der Waals surface area contributed by atoms with Crippen LogP contribution >= 0.6 is 0 Å². The molecule has 0 amide bonds. The average molecular weight is 233 g/mol. The first-order chi connectivity index (χ1) is 7.81. The van der Waals surface area contributed by atoms with Crippen LogP contribution in [-0.4, -0.2) is 0 Å². The molecule has 0 aliphatic carbocycles. The molecule has 1 heteroatoms. The lowest BCUT2D eigenvalue weighted by molar-refractivity contribution is 0.478. The normalized spacial score (nSPS) is 14.2. The fraction of sp³-hybridized carbons (Fsp3) is 0.500. The summed E-state index contributed by atoms with van der Waals surface area (Å²) in [6.07, 6.45) is 9.57. The smallest absolute Gasteiger partial charge is 0.0338 e. The molecule has 0 aliphatic heterocycles. The van der Waals surface area contributed by atoms with Gasteiger partial charge in [0.1, 0.15) is 0 Å². The standard InChI is InChI=1S/C16H27N/c1-8-10-13(3)11-12-15(9-2)17-14(4)16(5,6)7/h9-12,17H,4,8H2,1-3,5-7H3/b12-11-,13-10-,15-9+. The minimum atomic E-state index is 0.0798. The van der Waals surface area contributed by atoms with Gasteiger partial charge >= 0.3 is 0 Å². The molecular weight excluding hydrogens is 206 g/mol. The lowest BCUT2D eigenvalue weighted by atomic mass is 9.93. The van der Waals surface area contributed by atoms with Crippen LogP contribution in [-0.2, 0) is 0 Å². The van der Waals surface area contributed by atoms with E-state index in [1.165, 1.54) is 5.57 Å². The van der Waals surface area contributed by atoms with E-state index < -0.39 is 0 Å². The summed E-state index contributed by atoms with van der Waals surface area (Å²) < 4.78 is 0. The van der Waals surface area contributed by atoms with E-state index in [1.54, 1.807) is 0 Å². The Morgan fingerprint density at radius 1 is 1.24 bits per heavy atom. The number of nitrogens with one attached hydrogen (secondary N) is 1. The predicted molar refractivity (Wildman–Crippen MR) is 78.7 cm³/mol. The topological polar surface area (TPSA) is 12.0 Å². The van der Waals surface area contributed by atoms with Crippen molar-refractivity contribution in [1.29, 1.82) is 0 Å². The van der Waals surface area contributed by atoms with Crippen molar-refractivity contribution in [2.24, 2.45) is 5.41 Å². The first kappa shape index (κ1) is 15.8. The quantitative estimate of drug-likeness (QED) is 0.662. The first-order valence-corrected chi connectivity index (χ1v) is 6.28. The van der Waals surface area contributed by atoms with E-state index in [-0.39, 0.29) is 5.41 Å². The molecule has 0 heterocycles. The third-order valence-corrected chi connectivity index (χ3v) is 2.56. The summed E-state index contributed by atoms with van der Waals surface area (Å²) in [5, 5.41) is 3.36. The SMILES string of the molecule is C=C(NC(/C=C\C(C)=C/CC)=C/C)C(C)(C)C. The van der Waals surface area contributed by atoms with Gasteiger partial charge in [-0.25, -0.2) is 0 Å². The Hall–Kier alpha value is -1.24. The van der Waals surface area contributed by atoms with Crippen molar-refractivity contribution >= 4 is 0 Å². The predicted octanol–water partition coefficient (Wildman–Crippen LogP) is 4.95.